The fraction of sp³-hybridized carbons (Fsp3) is 0.429. The molecule has 2 aromatic rings. The number of aromatic nitrogens is 1. The zero-order valence-corrected chi connectivity index (χ0v) is 10.9. The minimum Gasteiger partial charge on any atom is -0.494 e. The standard InChI is InChI=1S/C14H20N2O/c1-5-17-11-6-7-12-10(8-11)9-13(16(12)4)14(2,3)15/h6-9H,5,15H2,1-4H3. The van der Waals surface area contributed by atoms with Gasteiger partial charge in [0.15, 0.2) is 0 Å². The number of hydrogen-bond acceptors (Lipinski definition) is 2. The van der Waals surface area contributed by atoms with Crippen molar-refractivity contribution in [2.75, 3.05) is 6.61 Å². The maximum atomic E-state index is 6.17. The summed E-state index contributed by atoms with van der Waals surface area (Å²) in [6.45, 7) is 6.71. The van der Waals surface area contributed by atoms with E-state index in [1.54, 1.807) is 0 Å². The van der Waals surface area contributed by atoms with Crippen LogP contribution < -0.4 is 10.5 Å². The van der Waals surface area contributed by atoms with E-state index in [4.69, 9.17) is 10.5 Å². The molecule has 0 atom stereocenters. The number of nitrogens with two attached hydrogens (primary N) is 1. The van der Waals surface area contributed by atoms with Gasteiger partial charge < -0.3 is 15.0 Å². The monoisotopic (exact) mass is 232 g/mol. The van der Waals surface area contributed by atoms with Crippen LogP contribution in [-0.2, 0) is 12.6 Å². The molecule has 0 aliphatic carbocycles. The molecule has 0 amide bonds. The highest BCUT2D eigenvalue weighted by molar-refractivity contribution is 5.83. The number of benzene rings is 1. The average Bonchev–Trinajstić information content (AvgIpc) is 2.56. The highest BCUT2D eigenvalue weighted by atomic mass is 16.5. The van der Waals surface area contributed by atoms with Crippen molar-refractivity contribution in [1.29, 1.82) is 0 Å². The van der Waals surface area contributed by atoms with Crippen molar-refractivity contribution in [2.45, 2.75) is 26.3 Å². The Kier molecular flexibility index (Phi) is 2.87. The van der Waals surface area contributed by atoms with E-state index in [1.807, 2.05) is 33.9 Å². The van der Waals surface area contributed by atoms with Crippen LogP contribution in [0.25, 0.3) is 10.9 Å². The molecule has 0 radical (unpaired) electrons. The molecule has 2 rings (SSSR count). The van der Waals surface area contributed by atoms with Crippen LogP contribution in [0.4, 0.5) is 0 Å². The lowest BCUT2D eigenvalue weighted by Gasteiger charge is -2.19. The molecule has 0 unspecified atom stereocenters. The van der Waals surface area contributed by atoms with Crippen molar-refractivity contribution in [3.63, 3.8) is 0 Å². The van der Waals surface area contributed by atoms with Crippen LogP contribution in [0.1, 0.15) is 26.5 Å². The molecule has 3 heteroatoms. The smallest absolute Gasteiger partial charge is 0.120 e. The minimum atomic E-state index is -0.334. The molecule has 2 N–H and O–H groups in total. The number of nitrogens with zero attached hydrogens (tertiary/aromatic N) is 1. The van der Waals surface area contributed by atoms with Gasteiger partial charge in [-0.2, -0.15) is 0 Å². The molecule has 3 nitrogen and oxygen atoms in total. The van der Waals surface area contributed by atoms with E-state index in [9.17, 15) is 0 Å². The van der Waals surface area contributed by atoms with Crippen molar-refractivity contribution in [3.8, 4) is 5.75 Å². The number of fused-ring (bicyclic) bond motifs is 1. The SMILES string of the molecule is CCOc1ccc2c(c1)cc(C(C)(C)N)n2C. The van der Waals surface area contributed by atoms with E-state index >= 15 is 0 Å². The zero-order chi connectivity index (χ0) is 12.6. The van der Waals surface area contributed by atoms with Gasteiger partial charge in [-0.05, 0) is 45.0 Å². The summed E-state index contributed by atoms with van der Waals surface area (Å²) in [6, 6.07) is 8.28. The van der Waals surface area contributed by atoms with Crippen LogP contribution in [0.3, 0.4) is 0 Å². The predicted octanol–water partition coefficient (Wildman–Crippen LogP) is 2.77. The van der Waals surface area contributed by atoms with Gasteiger partial charge in [0.2, 0.25) is 0 Å². The first kappa shape index (κ1) is 12.0. The van der Waals surface area contributed by atoms with Crippen LogP contribution in [0.15, 0.2) is 24.3 Å². The zero-order valence-electron chi connectivity index (χ0n) is 10.9. The van der Waals surface area contributed by atoms with Gasteiger partial charge in [-0.25, -0.2) is 0 Å². The van der Waals surface area contributed by atoms with Crippen LogP contribution >= 0.6 is 0 Å². The first-order valence-corrected chi connectivity index (χ1v) is 5.95. The normalized spacial score (nSPS) is 12.1. The summed E-state index contributed by atoms with van der Waals surface area (Å²) in [5.41, 5.74) is 8.14. The van der Waals surface area contributed by atoms with Crippen molar-refractivity contribution in [2.24, 2.45) is 12.8 Å². The van der Waals surface area contributed by atoms with Crippen LogP contribution in [0.5, 0.6) is 5.75 Å². The molecular formula is C14H20N2O. The molecule has 1 heterocycles. The molecule has 1 aromatic heterocycles. The fourth-order valence-electron chi connectivity index (χ4n) is 2.20. The van der Waals surface area contributed by atoms with E-state index in [-0.39, 0.29) is 5.54 Å². The van der Waals surface area contributed by atoms with Crippen LogP contribution in [0, 0.1) is 0 Å². The molecule has 92 valence electrons. The molecule has 0 spiro atoms. The third-order valence-corrected chi connectivity index (χ3v) is 2.99. The Morgan fingerprint density at radius 2 is 2.00 bits per heavy atom. The Labute approximate surface area is 102 Å². The van der Waals surface area contributed by atoms with Gasteiger partial charge in [0.25, 0.3) is 0 Å². The van der Waals surface area contributed by atoms with Gasteiger partial charge in [0.1, 0.15) is 5.75 Å². The quantitative estimate of drug-likeness (QED) is 0.884. The summed E-state index contributed by atoms with van der Waals surface area (Å²) in [7, 11) is 2.05. The maximum Gasteiger partial charge on any atom is 0.120 e. The first-order valence-electron chi connectivity index (χ1n) is 5.95. The topological polar surface area (TPSA) is 40.2 Å². The third kappa shape index (κ3) is 2.15. The van der Waals surface area contributed by atoms with Crippen LogP contribution in [-0.4, -0.2) is 11.2 Å². The summed E-state index contributed by atoms with van der Waals surface area (Å²) in [5.74, 6) is 0.909. The first-order chi connectivity index (χ1) is 7.93. The van der Waals surface area contributed by atoms with Gasteiger partial charge in [-0.3, -0.25) is 0 Å². The Bertz CT molecular complexity index is 535. The van der Waals surface area contributed by atoms with E-state index in [0.29, 0.717) is 6.61 Å². The molecule has 1 aromatic carbocycles. The third-order valence-electron chi connectivity index (χ3n) is 2.99. The molecule has 0 saturated carbocycles. The number of rotatable bonds is 3. The van der Waals surface area contributed by atoms with Crippen molar-refractivity contribution in [1.82, 2.24) is 4.57 Å². The number of aryl methyl sites for hydroxylation is 1. The van der Waals surface area contributed by atoms with E-state index in [0.717, 1.165) is 11.4 Å². The second kappa shape index (κ2) is 4.08. The summed E-state index contributed by atoms with van der Waals surface area (Å²) in [4.78, 5) is 0. The van der Waals surface area contributed by atoms with Gasteiger partial charge in [0.05, 0.1) is 12.1 Å². The molecule has 0 bridgehead atoms. The summed E-state index contributed by atoms with van der Waals surface area (Å²) < 4.78 is 7.65. The minimum absolute atomic E-state index is 0.334. The lowest BCUT2D eigenvalue weighted by Crippen LogP contribution is -2.30. The van der Waals surface area contributed by atoms with Gasteiger partial charge in [0, 0.05) is 23.6 Å². The molecule has 0 saturated heterocycles. The van der Waals surface area contributed by atoms with Gasteiger partial charge >= 0.3 is 0 Å². The maximum absolute atomic E-state index is 6.17. The lowest BCUT2D eigenvalue weighted by molar-refractivity contribution is 0.340. The largest absolute Gasteiger partial charge is 0.494 e. The van der Waals surface area contributed by atoms with E-state index in [2.05, 4.69) is 22.8 Å². The summed E-state index contributed by atoms with van der Waals surface area (Å²) >= 11 is 0. The molecular weight excluding hydrogens is 212 g/mol. The lowest BCUT2D eigenvalue weighted by atomic mass is 10.0. The average molecular weight is 232 g/mol. The second-order valence-corrected chi connectivity index (χ2v) is 4.96. The molecule has 0 aliphatic heterocycles. The highest BCUT2D eigenvalue weighted by Gasteiger charge is 2.19. The number of ether oxygens (including phenoxy) is 1. The molecule has 0 aliphatic rings. The van der Waals surface area contributed by atoms with E-state index in [1.165, 1.54) is 10.9 Å². The Hall–Kier alpha value is -1.48. The molecule has 0 fully saturated rings. The molecule has 17 heavy (non-hydrogen) atoms. The predicted molar refractivity (Wildman–Crippen MR) is 71.3 cm³/mol. The summed E-state index contributed by atoms with van der Waals surface area (Å²) in [5, 5.41) is 1.17. The van der Waals surface area contributed by atoms with Crippen molar-refractivity contribution >= 4 is 10.9 Å². The van der Waals surface area contributed by atoms with Gasteiger partial charge in [-0.1, -0.05) is 0 Å². The van der Waals surface area contributed by atoms with Crippen LogP contribution in [0.2, 0.25) is 0 Å². The Morgan fingerprint density at radius 3 is 2.59 bits per heavy atom. The Balaban J connectivity index is 2.57. The highest BCUT2D eigenvalue weighted by Crippen LogP contribution is 2.28. The fourth-order valence-corrected chi connectivity index (χ4v) is 2.20. The van der Waals surface area contributed by atoms with E-state index < -0.39 is 0 Å². The van der Waals surface area contributed by atoms with Crippen molar-refractivity contribution in [3.05, 3.63) is 30.0 Å². The second-order valence-electron chi connectivity index (χ2n) is 4.96. The number of hydrogen-bond donors (Lipinski definition) is 1. The Morgan fingerprint density at radius 1 is 1.29 bits per heavy atom. The van der Waals surface area contributed by atoms with Crippen molar-refractivity contribution < 1.29 is 4.74 Å². The van der Waals surface area contributed by atoms with Gasteiger partial charge in [-0.15, -0.1) is 0 Å². The summed E-state index contributed by atoms with van der Waals surface area (Å²) in [6.07, 6.45) is 0.